The summed E-state index contributed by atoms with van der Waals surface area (Å²) in [5.41, 5.74) is 0. The number of halogens is 2. The third-order valence-electron chi connectivity index (χ3n) is 4.61. The maximum Gasteiger partial charge on any atom is 0.242 e. The summed E-state index contributed by atoms with van der Waals surface area (Å²) in [5, 5.41) is 3.37. The van der Waals surface area contributed by atoms with Crippen molar-refractivity contribution in [3.8, 4) is 0 Å². The minimum absolute atomic E-state index is 0.0692. The lowest BCUT2D eigenvalue weighted by atomic mass is 10.1. The van der Waals surface area contributed by atoms with Gasteiger partial charge < -0.3 is 5.32 Å². The molecule has 1 unspecified atom stereocenters. The average molecular weight is 453 g/mol. The van der Waals surface area contributed by atoms with Crippen LogP contribution in [0.3, 0.4) is 0 Å². The van der Waals surface area contributed by atoms with Crippen LogP contribution in [0, 0.1) is 0 Å². The SMILES string of the molecule is CSCCC(NS(=O)(=O)c1cc(Cl)ccc1Cl)C(=O)NC1CCCCCC1. The van der Waals surface area contributed by atoms with Gasteiger partial charge in [0.1, 0.15) is 10.9 Å². The van der Waals surface area contributed by atoms with Crippen LogP contribution in [-0.2, 0) is 14.8 Å². The van der Waals surface area contributed by atoms with Crippen molar-refractivity contribution in [3.63, 3.8) is 0 Å². The van der Waals surface area contributed by atoms with Gasteiger partial charge in [0.25, 0.3) is 0 Å². The van der Waals surface area contributed by atoms with Gasteiger partial charge in [-0.25, -0.2) is 8.42 Å². The van der Waals surface area contributed by atoms with Crippen LogP contribution in [0.15, 0.2) is 23.1 Å². The number of carbonyl (C=O) groups is 1. The molecule has 1 aliphatic rings. The van der Waals surface area contributed by atoms with Crippen molar-refractivity contribution in [2.45, 2.75) is 61.9 Å². The molecule has 1 amide bonds. The minimum atomic E-state index is -3.97. The summed E-state index contributed by atoms with van der Waals surface area (Å²) in [6.45, 7) is 0. The van der Waals surface area contributed by atoms with Crippen molar-refractivity contribution >= 4 is 50.9 Å². The third-order valence-corrected chi connectivity index (χ3v) is 7.44. The van der Waals surface area contributed by atoms with Crippen LogP contribution in [0.25, 0.3) is 0 Å². The second-order valence-corrected chi connectivity index (χ2v) is 10.2. The van der Waals surface area contributed by atoms with Crippen LogP contribution < -0.4 is 10.0 Å². The van der Waals surface area contributed by atoms with Crippen LogP contribution in [0.5, 0.6) is 0 Å². The van der Waals surface area contributed by atoms with Gasteiger partial charge in [-0.15, -0.1) is 0 Å². The molecule has 0 spiro atoms. The molecular weight excluding hydrogens is 427 g/mol. The maximum atomic E-state index is 12.8. The molecule has 1 aromatic rings. The van der Waals surface area contributed by atoms with E-state index in [4.69, 9.17) is 23.2 Å². The number of sulfonamides is 1. The summed E-state index contributed by atoms with van der Waals surface area (Å²) in [4.78, 5) is 12.7. The number of benzene rings is 1. The Hall–Kier alpha value is -0.470. The van der Waals surface area contributed by atoms with E-state index >= 15 is 0 Å². The topological polar surface area (TPSA) is 75.3 Å². The molecule has 2 rings (SSSR count). The molecule has 0 bridgehead atoms. The van der Waals surface area contributed by atoms with Crippen molar-refractivity contribution in [3.05, 3.63) is 28.2 Å². The molecule has 9 heteroatoms. The van der Waals surface area contributed by atoms with Gasteiger partial charge in [-0.1, -0.05) is 48.9 Å². The fourth-order valence-corrected chi connectivity index (χ4v) is 5.60. The number of hydrogen-bond acceptors (Lipinski definition) is 4. The molecule has 1 atom stereocenters. The summed E-state index contributed by atoms with van der Waals surface area (Å²) in [6.07, 6.45) is 8.74. The molecule has 0 aliphatic heterocycles. The highest BCUT2D eigenvalue weighted by molar-refractivity contribution is 7.98. The summed E-state index contributed by atoms with van der Waals surface area (Å²) in [7, 11) is -3.97. The molecule has 0 radical (unpaired) electrons. The summed E-state index contributed by atoms with van der Waals surface area (Å²) in [5.74, 6) is 0.381. The molecule has 152 valence electrons. The third kappa shape index (κ3) is 7.13. The Balaban J connectivity index is 2.14. The van der Waals surface area contributed by atoms with Gasteiger partial charge in [0.2, 0.25) is 15.9 Å². The van der Waals surface area contributed by atoms with Crippen LogP contribution in [-0.4, -0.2) is 38.4 Å². The van der Waals surface area contributed by atoms with Gasteiger partial charge in [-0.05, 0) is 49.5 Å². The smallest absolute Gasteiger partial charge is 0.242 e. The highest BCUT2D eigenvalue weighted by Gasteiger charge is 2.28. The van der Waals surface area contributed by atoms with E-state index in [0.29, 0.717) is 12.2 Å². The summed E-state index contributed by atoms with van der Waals surface area (Å²) < 4.78 is 28.1. The molecule has 5 nitrogen and oxygen atoms in total. The van der Waals surface area contributed by atoms with Crippen molar-refractivity contribution in [2.75, 3.05) is 12.0 Å². The number of carbonyl (C=O) groups excluding carboxylic acids is 1. The van der Waals surface area contributed by atoms with Crippen molar-refractivity contribution in [2.24, 2.45) is 0 Å². The number of thioether (sulfide) groups is 1. The van der Waals surface area contributed by atoms with Crippen molar-refractivity contribution < 1.29 is 13.2 Å². The molecule has 0 aromatic heterocycles. The zero-order chi connectivity index (χ0) is 19.9. The monoisotopic (exact) mass is 452 g/mol. The Labute approximate surface area is 176 Å². The van der Waals surface area contributed by atoms with Gasteiger partial charge in [0, 0.05) is 11.1 Å². The number of hydrogen-bond donors (Lipinski definition) is 2. The zero-order valence-corrected chi connectivity index (χ0v) is 18.5. The van der Waals surface area contributed by atoms with E-state index in [1.165, 1.54) is 31.0 Å². The highest BCUT2D eigenvalue weighted by Crippen LogP contribution is 2.25. The lowest BCUT2D eigenvalue weighted by molar-refractivity contribution is -0.123. The normalized spacial score (nSPS) is 17.3. The van der Waals surface area contributed by atoms with Crippen LogP contribution in [0.2, 0.25) is 10.0 Å². The number of amides is 1. The van der Waals surface area contributed by atoms with Gasteiger partial charge in [0.05, 0.1) is 5.02 Å². The molecule has 1 fully saturated rings. The standard InChI is InChI=1S/C18H26Cl2N2O3S2/c1-26-11-10-16(18(23)21-14-6-4-2-3-5-7-14)22-27(24,25)17-12-13(19)8-9-15(17)20/h8-9,12,14,16,22H,2-7,10-11H2,1H3,(H,21,23). The first-order valence-electron chi connectivity index (χ1n) is 9.10. The quantitative estimate of drug-likeness (QED) is 0.578. The Bertz CT molecular complexity index is 736. The molecular formula is C18H26Cl2N2O3S2. The minimum Gasteiger partial charge on any atom is -0.352 e. The van der Waals surface area contributed by atoms with E-state index in [1.54, 1.807) is 11.8 Å². The molecule has 1 saturated carbocycles. The lowest BCUT2D eigenvalue weighted by Gasteiger charge is -2.22. The molecule has 0 heterocycles. The summed E-state index contributed by atoms with van der Waals surface area (Å²) in [6, 6.07) is 3.51. The Morgan fingerprint density at radius 3 is 2.52 bits per heavy atom. The van der Waals surface area contributed by atoms with Gasteiger partial charge in [-0.3, -0.25) is 4.79 Å². The van der Waals surface area contributed by atoms with Gasteiger partial charge in [0.15, 0.2) is 0 Å². The van der Waals surface area contributed by atoms with Gasteiger partial charge in [-0.2, -0.15) is 16.5 Å². The van der Waals surface area contributed by atoms with Crippen molar-refractivity contribution in [1.82, 2.24) is 10.0 Å². The summed E-state index contributed by atoms with van der Waals surface area (Å²) >= 11 is 13.5. The first kappa shape index (κ1) is 22.8. The van der Waals surface area contributed by atoms with E-state index in [0.717, 1.165) is 25.7 Å². The van der Waals surface area contributed by atoms with Crippen LogP contribution in [0.4, 0.5) is 0 Å². The molecule has 0 saturated heterocycles. The first-order chi connectivity index (χ1) is 12.8. The van der Waals surface area contributed by atoms with E-state index in [9.17, 15) is 13.2 Å². The zero-order valence-electron chi connectivity index (χ0n) is 15.3. The van der Waals surface area contributed by atoms with Crippen LogP contribution >= 0.6 is 35.0 Å². The molecule has 1 aliphatic carbocycles. The fraction of sp³-hybridized carbons (Fsp3) is 0.611. The molecule has 2 N–H and O–H groups in total. The van der Waals surface area contributed by atoms with E-state index in [-0.39, 0.29) is 26.9 Å². The molecule has 27 heavy (non-hydrogen) atoms. The molecule has 1 aromatic carbocycles. The maximum absolute atomic E-state index is 12.8. The van der Waals surface area contributed by atoms with Crippen molar-refractivity contribution in [1.29, 1.82) is 0 Å². The van der Waals surface area contributed by atoms with E-state index in [2.05, 4.69) is 10.0 Å². The Kier molecular flexibility index (Phi) is 9.22. The average Bonchev–Trinajstić information content (AvgIpc) is 2.89. The number of rotatable bonds is 8. The fourth-order valence-electron chi connectivity index (χ4n) is 3.14. The van der Waals surface area contributed by atoms with E-state index < -0.39 is 16.1 Å². The first-order valence-corrected chi connectivity index (χ1v) is 12.7. The lowest BCUT2D eigenvalue weighted by Crippen LogP contribution is -2.49. The second kappa shape index (κ2) is 10.9. The number of nitrogens with one attached hydrogen (secondary N) is 2. The predicted molar refractivity (Wildman–Crippen MR) is 113 cm³/mol. The van der Waals surface area contributed by atoms with Gasteiger partial charge >= 0.3 is 0 Å². The van der Waals surface area contributed by atoms with Crippen LogP contribution in [0.1, 0.15) is 44.9 Å². The Morgan fingerprint density at radius 1 is 1.22 bits per heavy atom. The predicted octanol–water partition coefficient (Wildman–Crippen LogP) is 4.23. The highest BCUT2D eigenvalue weighted by atomic mass is 35.5. The largest absolute Gasteiger partial charge is 0.352 e. The van der Waals surface area contributed by atoms with E-state index in [1.807, 2.05) is 6.26 Å². The Morgan fingerprint density at radius 2 is 1.89 bits per heavy atom. The second-order valence-electron chi connectivity index (χ2n) is 6.73.